The predicted octanol–water partition coefficient (Wildman–Crippen LogP) is 2.89. The Morgan fingerprint density at radius 2 is 1.93 bits per heavy atom. The molecule has 0 bridgehead atoms. The molecule has 0 fully saturated rings. The molecule has 2 aromatic heterocycles. The average Bonchev–Trinajstić information content (AvgIpc) is 3.13. The van der Waals surface area contributed by atoms with Crippen molar-refractivity contribution in [2.24, 2.45) is 0 Å². The summed E-state index contributed by atoms with van der Waals surface area (Å²) in [6.07, 6.45) is 3.96. The number of amides is 1. The van der Waals surface area contributed by atoms with Crippen LogP contribution in [0.3, 0.4) is 0 Å². The molecule has 0 atom stereocenters. The first kappa shape index (κ1) is 18.6. The quantitative estimate of drug-likeness (QED) is 0.531. The first-order valence-corrected chi connectivity index (χ1v) is 9.24. The summed E-state index contributed by atoms with van der Waals surface area (Å²) in [5.41, 5.74) is 2.92. The highest BCUT2D eigenvalue weighted by molar-refractivity contribution is 5.83. The lowest BCUT2D eigenvalue weighted by Crippen LogP contribution is -2.33. The van der Waals surface area contributed by atoms with Gasteiger partial charge in [-0.1, -0.05) is 18.2 Å². The molecule has 2 aromatic carbocycles. The second-order valence-corrected chi connectivity index (χ2v) is 6.71. The summed E-state index contributed by atoms with van der Waals surface area (Å²) >= 11 is 0. The number of carbonyl (C=O) groups excluding carboxylic acids is 1. The molecule has 0 spiro atoms. The van der Waals surface area contributed by atoms with Crippen LogP contribution in [0.4, 0.5) is 4.39 Å². The number of nitrogens with zero attached hydrogens (tertiary/aromatic N) is 2. The average molecular weight is 390 g/mol. The van der Waals surface area contributed by atoms with E-state index >= 15 is 0 Å². The van der Waals surface area contributed by atoms with Gasteiger partial charge in [0, 0.05) is 35.3 Å². The van der Waals surface area contributed by atoms with Crippen LogP contribution < -0.4 is 10.9 Å². The van der Waals surface area contributed by atoms with Crippen LogP contribution in [0.15, 0.2) is 71.9 Å². The van der Waals surface area contributed by atoms with E-state index in [1.165, 1.54) is 29.1 Å². The molecule has 0 aliphatic rings. The van der Waals surface area contributed by atoms with Crippen LogP contribution in [-0.2, 0) is 17.8 Å². The van der Waals surface area contributed by atoms with Gasteiger partial charge in [-0.2, -0.15) is 0 Å². The Labute approximate surface area is 166 Å². The Hall–Kier alpha value is -3.74. The zero-order valence-electron chi connectivity index (χ0n) is 15.6. The number of fused-ring (bicyclic) bond motifs is 1. The summed E-state index contributed by atoms with van der Waals surface area (Å²) < 4.78 is 14.3. The topological polar surface area (TPSA) is 79.8 Å². The van der Waals surface area contributed by atoms with E-state index in [9.17, 15) is 14.0 Å². The monoisotopic (exact) mass is 390 g/mol. The van der Waals surface area contributed by atoms with Crippen molar-refractivity contribution in [1.29, 1.82) is 0 Å². The van der Waals surface area contributed by atoms with Gasteiger partial charge in [0.05, 0.1) is 12.0 Å². The molecule has 6 nitrogen and oxygen atoms in total. The van der Waals surface area contributed by atoms with E-state index in [0.717, 1.165) is 16.5 Å². The number of halogens is 1. The summed E-state index contributed by atoms with van der Waals surface area (Å²) in [5.74, 6) is -0.616. The third-order valence-electron chi connectivity index (χ3n) is 4.72. The Morgan fingerprint density at radius 1 is 1.14 bits per heavy atom. The van der Waals surface area contributed by atoms with E-state index in [1.807, 2.05) is 30.5 Å². The molecule has 4 aromatic rings. The number of rotatable bonds is 6. The number of para-hydroxylation sites is 1. The van der Waals surface area contributed by atoms with Gasteiger partial charge < -0.3 is 10.3 Å². The van der Waals surface area contributed by atoms with Crippen LogP contribution in [0, 0.1) is 5.82 Å². The normalized spacial score (nSPS) is 10.9. The molecule has 0 saturated carbocycles. The minimum atomic E-state index is -0.355. The van der Waals surface area contributed by atoms with E-state index in [-0.39, 0.29) is 23.8 Å². The summed E-state index contributed by atoms with van der Waals surface area (Å²) in [4.78, 5) is 31.9. The zero-order chi connectivity index (χ0) is 20.2. The van der Waals surface area contributed by atoms with Crippen molar-refractivity contribution in [3.8, 4) is 11.3 Å². The lowest BCUT2D eigenvalue weighted by atomic mass is 10.1. The Morgan fingerprint density at radius 3 is 2.72 bits per heavy atom. The number of hydrogen-bond donors (Lipinski definition) is 2. The van der Waals surface area contributed by atoms with Crippen LogP contribution in [0.25, 0.3) is 22.2 Å². The highest BCUT2D eigenvalue weighted by Crippen LogP contribution is 2.17. The van der Waals surface area contributed by atoms with Crippen LogP contribution in [0.5, 0.6) is 0 Å². The third kappa shape index (κ3) is 4.24. The van der Waals surface area contributed by atoms with Crippen molar-refractivity contribution in [2.75, 3.05) is 6.54 Å². The highest BCUT2D eigenvalue weighted by atomic mass is 19.1. The molecule has 0 saturated heterocycles. The molecule has 0 aliphatic heterocycles. The fourth-order valence-electron chi connectivity index (χ4n) is 3.21. The Balaban J connectivity index is 1.35. The van der Waals surface area contributed by atoms with Gasteiger partial charge in [0.25, 0.3) is 5.56 Å². The maximum Gasteiger partial charge on any atom is 0.254 e. The van der Waals surface area contributed by atoms with Gasteiger partial charge in [-0.05, 0) is 42.3 Å². The van der Waals surface area contributed by atoms with Gasteiger partial charge in [0.1, 0.15) is 12.4 Å². The van der Waals surface area contributed by atoms with E-state index in [2.05, 4.69) is 15.3 Å². The number of aromatic nitrogens is 3. The predicted molar refractivity (Wildman–Crippen MR) is 109 cm³/mol. The van der Waals surface area contributed by atoms with Gasteiger partial charge >= 0.3 is 0 Å². The second-order valence-electron chi connectivity index (χ2n) is 6.71. The molecular formula is C22H19FN4O2. The van der Waals surface area contributed by atoms with E-state index in [1.54, 1.807) is 12.1 Å². The largest absolute Gasteiger partial charge is 0.361 e. The van der Waals surface area contributed by atoms with Crippen molar-refractivity contribution in [3.05, 3.63) is 88.9 Å². The smallest absolute Gasteiger partial charge is 0.254 e. The van der Waals surface area contributed by atoms with Crippen molar-refractivity contribution >= 4 is 16.8 Å². The minimum Gasteiger partial charge on any atom is -0.361 e. The maximum absolute atomic E-state index is 13.0. The summed E-state index contributed by atoms with van der Waals surface area (Å²) in [7, 11) is 0. The number of hydrogen-bond acceptors (Lipinski definition) is 3. The van der Waals surface area contributed by atoms with Gasteiger partial charge in [-0.25, -0.2) is 9.37 Å². The lowest BCUT2D eigenvalue weighted by molar-refractivity contribution is -0.121. The van der Waals surface area contributed by atoms with Gasteiger partial charge in [0.15, 0.2) is 0 Å². The Bertz CT molecular complexity index is 1210. The fourth-order valence-corrected chi connectivity index (χ4v) is 3.21. The molecule has 0 aliphatic carbocycles. The van der Waals surface area contributed by atoms with E-state index < -0.39 is 0 Å². The molecule has 2 heterocycles. The second kappa shape index (κ2) is 8.10. The van der Waals surface area contributed by atoms with Crippen LogP contribution >= 0.6 is 0 Å². The SMILES string of the molecule is O=C(Cn1cnc(-c2ccc(F)cc2)cc1=O)NCCc1c[nH]c2ccccc12. The number of nitrogens with one attached hydrogen (secondary N) is 2. The summed E-state index contributed by atoms with van der Waals surface area (Å²) in [6.45, 7) is 0.361. The highest BCUT2D eigenvalue weighted by Gasteiger charge is 2.08. The van der Waals surface area contributed by atoms with Crippen LogP contribution in [0.1, 0.15) is 5.56 Å². The number of H-pyrrole nitrogens is 1. The molecular weight excluding hydrogens is 371 g/mol. The van der Waals surface area contributed by atoms with Crippen molar-refractivity contribution in [1.82, 2.24) is 19.9 Å². The van der Waals surface area contributed by atoms with E-state index in [0.29, 0.717) is 24.2 Å². The molecule has 7 heteroatoms. The molecule has 29 heavy (non-hydrogen) atoms. The van der Waals surface area contributed by atoms with E-state index in [4.69, 9.17) is 0 Å². The zero-order valence-corrected chi connectivity index (χ0v) is 15.6. The lowest BCUT2D eigenvalue weighted by Gasteiger charge is -2.08. The molecule has 1 amide bonds. The molecule has 146 valence electrons. The summed E-state index contributed by atoms with van der Waals surface area (Å²) in [6, 6.07) is 15.1. The van der Waals surface area contributed by atoms with Gasteiger partial charge in [0.2, 0.25) is 5.91 Å². The first-order chi connectivity index (χ1) is 14.1. The van der Waals surface area contributed by atoms with Crippen molar-refractivity contribution < 1.29 is 9.18 Å². The third-order valence-corrected chi connectivity index (χ3v) is 4.72. The Kier molecular flexibility index (Phi) is 5.20. The first-order valence-electron chi connectivity index (χ1n) is 9.24. The maximum atomic E-state index is 13.0. The molecule has 0 radical (unpaired) electrons. The van der Waals surface area contributed by atoms with Crippen molar-refractivity contribution in [3.63, 3.8) is 0 Å². The number of benzene rings is 2. The minimum absolute atomic E-state index is 0.108. The van der Waals surface area contributed by atoms with Crippen LogP contribution in [-0.4, -0.2) is 27.0 Å². The fraction of sp³-hybridized carbons (Fsp3) is 0.136. The van der Waals surface area contributed by atoms with Crippen LogP contribution in [0.2, 0.25) is 0 Å². The summed E-state index contributed by atoms with van der Waals surface area (Å²) in [5, 5.41) is 3.97. The van der Waals surface area contributed by atoms with Gasteiger partial charge in [-0.15, -0.1) is 0 Å². The number of aromatic amines is 1. The molecule has 2 N–H and O–H groups in total. The number of carbonyl (C=O) groups is 1. The molecule has 0 unspecified atom stereocenters. The van der Waals surface area contributed by atoms with Gasteiger partial charge in [-0.3, -0.25) is 14.2 Å². The standard InChI is InChI=1S/C22H19FN4O2/c23-17-7-5-15(6-8-17)20-11-22(29)27(14-26-20)13-21(28)24-10-9-16-12-25-19-4-2-1-3-18(16)19/h1-8,11-12,14,25H,9-10,13H2,(H,24,28). The van der Waals surface area contributed by atoms with Crippen molar-refractivity contribution in [2.45, 2.75) is 13.0 Å². The molecule has 4 rings (SSSR count).